The Morgan fingerprint density at radius 3 is 2.20 bits per heavy atom. The fraction of sp³-hybridized carbons (Fsp3) is 0.571. The number of hydrogen-bond donors (Lipinski definition) is 3. The first-order chi connectivity index (χ1) is 9.31. The summed E-state index contributed by atoms with van der Waals surface area (Å²) in [5.41, 5.74) is -0.0660. The van der Waals surface area contributed by atoms with Gasteiger partial charge in [0.1, 0.15) is 5.82 Å². The van der Waals surface area contributed by atoms with Gasteiger partial charge >= 0.3 is 0 Å². The first-order valence-corrected chi connectivity index (χ1v) is 6.60. The molecular weight excluding hydrogens is 265 g/mol. The molecule has 1 aliphatic rings. The van der Waals surface area contributed by atoms with Gasteiger partial charge in [0.2, 0.25) is 5.75 Å². The summed E-state index contributed by atoms with van der Waals surface area (Å²) in [5, 5.41) is 29.0. The summed E-state index contributed by atoms with van der Waals surface area (Å²) >= 11 is 0. The summed E-state index contributed by atoms with van der Waals surface area (Å²) in [6.45, 7) is 6.60. The van der Waals surface area contributed by atoms with E-state index in [9.17, 15) is 19.7 Å². The molecule has 0 aliphatic carbocycles. The SMILES string of the molecule is Cc1c(O)c(O)c(O)c(CN2CC(C)OC(C)C2)c1F. The molecule has 0 spiro atoms. The molecule has 2 unspecified atom stereocenters. The number of benzene rings is 1. The standard InChI is InChI=1S/C14H20FNO4/c1-7-4-16(5-8(2)20-7)6-10-11(15)9(3)12(17)14(19)13(10)18/h7-8,17-19H,4-6H2,1-3H3. The highest BCUT2D eigenvalue weighted by molar-refractivity contribution is 5.57. The minimum Gasteiger partial charge on any atom is -0.504 e. The lowest BCUT2D eigenvalue weighted by Crippen LogP contribution is -2.44. The van der Waals surface area contributed by atoms with Crippen molar-refractivity contribution in [1.29, 1.82) is 0 Å². The van der Waals surface area contributed by atoms with Crippen molar-refractivity contribution >= 4 is 0 Å². The number of hydrogen-bond acceptors (Lipinski definition) is 5. The molecule has 1 fully saturated rings. The molecule has 0 bridgehead atoms. The van der Waals surface area contributed by atoms with Gasteiger partial charge in [0.05, 0.1) is 12.2 Å². The average Bonchev–Trinajstić information content (AvgIpc) is 2.38. The molecule has 2 atom stereocenters. The number of rotatable bonds is 2. The van der Waals surface area contributed by atoms with Crippen LogP contribution >= 0.6 is 0 Å². The maximum absolute atomic E-state index is 14.2. The molecule has 6 heteroatoms. The third-order valence-corrected chi connectivity index (χ3v) is 3.56. The normalized spacial score (nSPS) is 24.0. The molecule has 20 heavy (non-hydrogen) atoms. The Bertz CT molecular complexity index is 481. The van der Waals surface area contributed by atoms with Crippen LogP contribution in [0, 0.1) is 12.7 Å². The van der Waals surface area contributed by atoms with Crippen LogP contribution in [0.2, 0.25) is 0 Å². The zero-order valence-corrected chi connectivity index (χ0v) is 11.9. The van der Waals surface area contributed by atoms with E-state index in [-0.39, 0.29) is 29.9 Å². The molecule has 1 aliphatic heterocycles. The van der Waals surface area contributed by atoms with E-state index >= 15 is 0 Å². The van der Waals surface area contributed by atoms with E-state index in [4.69, 9.17) is 4.74 Å². The third kappa shape index (κ3) is 2.66. The highest BCUT2D eigenvalue weighted by atomic mass is 19.1. The number of halogens is 1. The second-order valence-electron chi connectivity index (χ2n) is 5.41. The van der Waals surface area contributed by atoms with Crippen LogP contribution in [0.25, 0.3) is 0 Å². The molecule has 112 valence electrons. The van der Waals surface area contributed by atoms with Crippen molar-refractivity contribution in [3.63, 3.8) is 0 Å². The van der Waals surface area contributed by atoms with Crippen LogP contribution in [0.1, 0.15) is 25.0 Å². The fourth-order valence-corrected chi connectivity index (χ4v) is 2.65. The van der Waals surface area contributed by atoms with Crippen molar-refractivity contribution in [2.75, 3.05) is 13.1 Å². The molecule has 0 amide bonds. The van der Waals surface area contributed by atoms with Gasteiger partial charge < -0.3 is 20.1 Å². The van der Waals surface area contributed by atoms with Crippen molar-refractivity contribution in [3.05, 3.63) is 16.9 Å². The van der Waals surface area contributed by atoms with Gasteiger partial charge in [0.25, 0.3) is 0 Å². The predicted molar refractivity (Wildman–Crippen MR) is 71.4 cm³/mol. The van der Waals surface area contributed by atoms with E-state index in [1.807, 2.05) is 18.7 Å². The van der Waals surface area contributed by atoms with Gasteiger partial charge in [-0.05, 0) is 20.8 Å². The van der Waals surface area contributed by atoms with Gasteiger partial charge in [-0.3, -0.25) is 4.90 Å². The molecule has 0 radical (unpaired) electrons. The number of aromatic hydroxyl groups is 3. The molecular formula is C14H20FNO4. The van der Waals surface area contributed by atoms with Crippen LogP contribution in [-0.4, -0.2) is 45.5 Å². The van der Waals surface area contributed by atoms with E-state index in [1.54, 1.807) is 0 Å². The van der Waals surface area contributed by atoms with Crippen LogP contribution in [-0.2, 0) is 11.3 Å². The lowest BCUT2D eigenvalue weighted by molar-refractivity contribution is -0.0708. The number of morpholine rings is 1. The minimum absolute atomic E-state index is 0.000833. The highest BCUT2D eigenvalue weighted by Crippen LogP contribution is 2.42. The lowest BCUT2D eigenvalue weighted by atomic mass is 10.1. The Labute approximate surface area is 117 Å². The number of ether oxygens (including phenoxy) is 1. The summed E-state index contributed by atoms with van der Waals surface area (Å²) in [5.74, 6) is -2.58. The van der Waals surface area contributed by atoms with E-state index in [2.05, 4.69) is 0 Å². The summed E-state index contributed by atoms with van der Waals surface area (Å²) in [6, 6.07) is 0. The Balaban J connectivity index is 2.30. The monoisotopic (exact) mass is 285 g/mol. The van der Waals surface area contributed by atoms with Gasteiger partial charge in [0.15, 0.2) is 11.5 Å². The first-order valence-electron chi connectivity index (χ1n) is 6.60. The smallest absolute Gasteiger partial charge is 0.201 e. The predicted octanol–water partition coefficient (Wildman–Crippen LogP) is 1.86. The fourth-order valence-electron chi connectivity index (χ4n) is 2.65. The van der Waals surface area contributed by atoms with E-state index < -0.39 is 23.1 Å². The third-order valence-electron chi connectivity index (χ3n) is 3.56. The van der Waals surface area contributed by atoms with Crippen molar-refractivity contribution in [2.45, 2.75) is 39.5 Å². The quantitative estimate of drug-likeness (QED) is 0.723. The van der Waals surface area contributed by atoms with Crippen molar-refractivity contribution in [2.24, 2.45) is 0 Å². The van der Waals surface area contributed by atoms with Crippen LogP contribution in [0.5, 0.6) is 17.2 Å². The van der Waals surface area contributed by atoms with Crippen LogP contribution < -0.4 is 0 Å². The second kappa shape index (κ2) is 5.46. The van der Waals surface area contributed by atoms with Crippen molar-refractivity contribution in [3.8, 4) is 17.2 Å². The van der Waals surface area contributed by atoms with Crippen molar-refractivity contribution in [1.82, 2.24) is 4.90 Å². The molecule has 1 heterocycles. The Morgan fingerprint density at radius 1 is 1.10 bits per heavy atom. The summed E-state index contributed by atoms with van der Waals surface area (Å²) in [4.78, 5) is 1.95. The maximum atomic E-state index is 14.2. The number of nitrogens with zero attached hydrogens (tertiary/aromatic N) is 1. The van der Waals surface area contributed by atoms with Crippen LogP contribution in [0.3, 0.4) is 0 Å². The topological polar surface area (TPSA) is 73.2 Å². The molecule has 5 nitrogen and oxygen atoms in total. The van der Waals surface area contributed by atoms with Gasteiger partial charge in [-0.2, -0.15) is 0 Å². The maximum Gasteiger partial charge on any atom is 0.201 e. The first kappa shape index (κ1) is 14.9. The van der Waals surface area contributed by atoms with E-state index in [1.165, 1.54) is 6.92 Å². The van der Waals surface area contributed by atoms with Gasteiger partial charge in [-0.25, -0.2) is 4.39 Å². The highest BCUT2D eigenvalue weighted by Gasteiger charge is 2.27. The molecule has 0 aromatic heterocycles. The van der Waals surface area contributed by atoms with E-state index in [0.29, 0.717) is 13.1 Å². The Morgan fingerprint density at radius 2 is 1.65 bits per heavy atom. The van der Waals surface area contributed by atoms with Crippen molar-refractivity contribution < 1.29 is 24.4 Å². The molecule has 2 rings (SSSR count). The minimum atomic E-state index is -0.690. The van der Waals surface area contributed by atoms with Gasteiger partial charge in [0, 0.05) is 30.8 Å². The summed E-state index contributed by atoms with van der Waals surface area (Å²) in [7, 11) is 0. The van der Waals surface area contributed by atoms with Crippen LogP contribution in [0.15, 0.2) is 0 Å². The largest absolute Gasteiger partial charge is 0.504 e. The molecule has 1 saturated heterocycles. The molecule has 0 saturated carbocycles. The Hall–Kier alpha value is -1.53. The van der Waals surface area contributed by atoms with Crippen LogP contribution in [0.4, 0.5) is 4.39 Å². The second-order valence-corrected chi connectivity index (χ2v) is 5.41. The molecule has 3 N–H and O–H groups in total. The lowest BCUT2D eigenvalue weighted by Gasteiger charge is -2.35. The zero-order valence-electron chi connectivity index (χ0n) is 11.9. The Kier molecular flexibility index (Phi) is 4.06. The van der Waals surface area contributed by atoms with Gasteiger partial charge in [-0.15, -0.1) is 0 Å². The summed E-state index contributed by atoms with van der Waals surface area (Å²) < 4.78 is 19.8. The molecule has 1 aromatic carbocycles. The van der Waals surface area contributed by atoms with E-state index in [0.717, 1.165) is 0 Å². The number of phenolic OH excluding ortho intramolecular Hbond substituents is 3. The zero-order chi connectivity index (χ0) is 15.0. The number of phenols is 3. The molecule has 1 aromatic rings. The summed E-state index contributed by atoms with van der Waals surface area (Å²) in [6.07, 6.45) is 0.0477. The van der Waals surface area contributed by atoms with Gasteiger partial charge in [-0.1, -0.05) is 0 Å². The average molecular weight is 285 g/mol.